The Morgan fingerprint density at radius 3 is 2.33 bits per heavy atom. The Kier molecular flexibility index (Phi) is 3.44. The number of aliphatic hydroxyl groups is 2. The summed E-state index contributed by atoms with van der Waals surface area (Å²) in [5.74, 6) is 0. The molecule has 0 amide bonds. The van der Waals surface area contributed by atoms with Crippen molar-refractivity contribution in [1.82, 2.24) is 4.98 Å². The monoisotopic (exact) mass is 278 g/mol. The van der Waals surface area contributed by atoms with Crippen molar-refractivity contribution in [2.45, 2.75) is 12.2 Å². The van der Waals surface area contributed by atoms with Crippen LogP contribution in [0.25, 0.3) is 22.2 Å². The third-order valence-electron chi connectivity index (χ3n) is 3.54. The number of hydrogen-bond acceptors (Lipinski definition) is 3. The Balaban J connectivity index is 2.27. The molecule has 0 aliphatic rings. The van der Waals surface area contributed by atoms with Gasteiger partial charge < -0.3 is 15.2 Å². The molecule has 2 aromatic carbocycles. The molecule has 0 aliphatic carbocycles. The third-order valence-corrected chi connectivity index (χ3v) is 3.54. The summed E-state index contributed by atoms with van der Waals surface area (Å²) in [6.07, 6.45) is -2.73. The molecule has 1 heterocycles. The van der Waals surface area contributed by atoms with E-state index in [0.29, 0.717) is 5.56 Å². The number of fused-ring (bicyclic) bond motifs is 1. The number of nitriles is 1. The summed E-state index contributed by atoms with van der Waals surface area (Å²) in [6, 6.07) is 18.7. The smallest absolute Gasteiger partial charge is 0.170 e. The van der Waals surface area contributed by atoms with Gasteiger partial charge in [-0.1, -0.05) is 48.5 Å². The Morgan fingerprint density at radius 2 is 1.62 bits per heavy atom. The highest BCUT2D eigenvalue weighted by Gasteiger charge is 2.25. The highest BCUT2D eigenvalue weighted by molar-refractivity contribution is 5.91. The SMILES string of the molecule is N#CC(O)C(O)c1c(-c2ccccc2)[nH]c2ccccc12. The quantitative estimate of drug-likeness (QED) is 0.644. The second-order valence-electron chi connectivity index (χ2n) is 4.84. The van der Waals surface area contributed by atoms with Crippen LogP contribution in [0.5, 0.6) is 0 Å². The molecular formula is C17H14N2O2. The van der Waals surface area contributed by atoms with Crippen LogP contribution in [0.4, 0.5) is 0 Å². The van der Waals surface area contributed by atoms with Crippen LogP contribution in [-0.4, -0.2) is 21.3 Å². The molecule has 3 aromatic rings. The van der Waals surface area contributed by atoms with E-state index in [1.807, 2.05) is 54.6 Å². The van der Waals surface area contributed by atoms with Gasteiger partial charge in [0.05, 0.1) is 11.8 Å². The van der Waals surface area contributed by atoms with Gasteiger partial charge in [0.25, 0.3) is 0 Å². The van der Waals surface area contributed by atoms with Gasteiger partial charge in [0, 0.05) is 16.5 Å². The van der Waals surface area contributed by atoms with Gasteiger partial charge in [-0.2, -0.15) is 5.26 Å². The zero-order chi connectivity index (χ0) is 14.8. The van der Waals surface area contributed by atoms with Crippen molar-refractivity contribution in [3.63, 3.8) is 0 Å². The second-order valence-corrected chi connectivity index (χ2v) is 4.84. The van der Waals surface area contributed by atoms with E-state index in [-0.39, 0.29) is 0 Å². The number of nitrogens with zero attached hydrogens (tertiary/aromatic N) is 1. The predicted molar refractivity (Wildman–Crippen MR) is 80.3 cm³/mol. The summed E-state index contributed by atoms with van der Waals surface area (Å²) in [5.41, 5.74) is 3.02. The summed E-state index contributed by atoms with van der Waals surface area (Å²) >= 11 is 0. The molecule has 0 saturated heterocycles. The van der Waals surface area contributed by atoms with E-state index in [1.54, 1.807) is 6.07 Å². The van der Waals surface area contributed by atoms with Gasteiger partial charge in [-0.05, 0) is 11.6 Å². The molecule has 2 atom stereocenters. The van der Waals surface area contributed by atoms with Crippen LogP contribution in [0.15, 0.2) is 54.6 Å². The van der Waals surface area contributed by atoms with Crippen LogP contribution in [0, 0.1) is 11.3 Å². The average Bonchev–Trinajstić information content (AvgIpc) is 2.93. The van der Waals surface area contributed by atoms with E-state index < -0.39 is 12.2 Å². The molecule has 3 N–H and O–H groups in total. The van der Waals surface area contributed by atoms with Crippen LogP contribution in [0.3, 0.4) is 0 Å². The summed E-state index contributed by atoms with van der Waals surface area (Å²) in [6.45, 7) is 0. The predicted octanol–water partition coefficient (Wildman–Crippen LogP) is 2.75. The summed E-state index contributed by atoms with van der Waals surface area (Å²) in [7, 11) is 0. The lowest BCUT2D eigenvalue weighted by Gasteiger charge is -2.13. The van der Waals surface area contributed by atoms with E-state index in [2.05, 4.69) is 4.98 Å². The van der Waals surface area contributed by atoms with Gasteiger partial charge in [-0.25, -0.2) is 0 Å². The number of aromatic amines is 1. The Morgan fingerprint density at radius 1 is 0.952 bits per heavy atom. The van der Waals surface area contributed by atoms with Gasteiger partial charge in [-0.3, -0.25) is 0 Å². The molecule has 0 spiro atoms. The third kappa shape index (κ3) is 2.29. The minimum Gasteiger partial charge on any atom is -0.384 e. The summed E-state index contributed by atoms with van der Waals surface area (Å²) in [4.78, 5) is 3.26. The maximum absolute atomic E-state index is 10.3. The first-order chi connectivity index (χ1) is 10.2. The number of aromatic nitrogens is 1. The first kappa shape index (κ1) is 13.4. The highest BCUT2D eigenvalue weighted by Crippen LogP contribution is 2.35. The molecule has 0 radical (unpaired) electrons. The van der Waals surface area contributed by atoms with Gasteiger partial charge in [0.15, 0.2) is 6.10 Å². The molecule has 0 bridgehead atoms. The fourth-order valence-corrected chi connectivity index (χ4v) is 2.53. The molecule has 4 heteroatoms. The molecule has 3 rings (SSSR count). The van der Waals surface area contributed by atoms with E-state index in [9.17, 15) is 10.2 Å². The molecule has 1 aromatic heterocycles. The number of benzene rings is 2. The first-order valence-electron chi connectivity index (χ1n) is 6.64. The highest BCUT2D eigenvalue weighted by atomic mass is 16.3. The van der Waals surface area contributed by atoms with Crippen LogP contribution in [-0.2, 0) is 0 Å². The fourth-order valence-electron chi connectivity index (χ4n) is 2.53. The van der Waals surface area contributed by atoms with E-state index in [1.165, 1.54) is 0 Å². The van der Waals surface area contributed by atoms with Gasteiger partial charge in [0.2, 0.25) is 0 Å². The molecule has 21 heavy (non-hydrogen) atoms. The minimum absolute atomic E-state index is 0.547. The van der Waals surface area contributed by atoms with Crippen molar-refractivity contribution in [3.05, 3.63) is 60.2 Å². The Labute approximate surface area is 121 Å². The number of nitrogens with one attached hydrogen (secondary N) is 1. The zero-order valence-electron chi connectivity index (χ0n) is 11.2. The molecule has 2 unspecified atom stereocenters. The van der Waals surface area contributed by atoms with Crippen molar-refractivity contribution in [1.29, 1.82) is 5.26 Å². The second kappa shape index (κ2) is 5.41. The summed E-state index contributed by atoms with van der Waals surface area (Å²) in [5, 5.41) is 29.7. The van der Waals surface area contributed by atoms with E-state index >= 15 is 0 Å². The zero-order valence-corrected chi connectivity index (χ0v) is 11.2. The number of aliphatic hydroxyl groups excluding tert-OH is 2. The van der Waals surface area contributed by atoms with Crippen molar-refractivity contribution in [2.75, 3.05) is 0 Å². The molecule has 4 nitrogen and oxygen atoms in total. The van der Waals surface area contributed by atoms with Crippen LogP contribution in [0.2, 0.25) is 0 Å². The van der Waals surface area contributed by atoms with Crippen molar-refractivity contribution < 1.29 is 10.2 Å². The standard InChI is InChI=1S/C17H14N2O2/c18-10-14(20)17(21)15-12-8-4-5-9-13(12)19-16(15)11-6-2-1-3-7-11/h1-9,14,17,19-21H. The van der Waals surface area contributed by atoms with E-state index in [4.69, 9.17) is 5.26 Å². The first-order valence-corrected chi connectivity index (χ1v) is 6.64. The Hall–Kier alpha value is -2.61. The topological polar surface area (TPSA) is 80.0 Å². The maximum atomic E-state index is 10.3. The molecule has 0 saturated carbocycles. The van der Waals surface area contributed by atoms with Gasteiger partial charge in [0.1, 0.15) is 6.10 Å². The molecule has 0 fully saturated rings. The van der Waals surface area contributed by atoms with Crippen molar-refractivity contribution in [2.24, 2.45) is 0 Å². The van der Waals surface area contributed by atoms with Gasteiger partial charge >= 0.3 is 0 Å². The van der Waals surface area contributed by atoms with Crippen LogP contribution < -0.4 is 0 Å². The lowest BCUT2D eigenvalue weighted by Crippen LogP contribution is -2.16. The Bertz CT molecular complexity index is 803. The average molecular weight is 278 g/mol. The van der Waals surface area contributed by atoms with Crippen molar-refractivity contribution >= 4 is 10.9 Å². The van der Waals surface area contributed by atoms with Crippen LogP contribution >= 0.6 is 0 Å². The summed E-state index contributed by atoms with van der Waals surface area (Å²) < 4.78 is 0. The van der Waals surface area contributed by atoms with E-state index in [0.717, 1.165) is 22.2 Å². The minimum atomic E-state index is -1.47. The number of rotatable bonds is 3. The number of H-pyrrole nitrogens is 1. The van der Waals surface area contributed by atoms with Gasteiger partial charge in [-0.15, -0.1) is 0 Å². The maximum Gasteiger partial charge on any atom is 0.170 e. The van der Waals surface area contributed by atoms with Crippen molar-refractivity contribution in [3.8, 4) is 17.3 Å². The molecule has 104 valence electrons. The lowest BCUT2D eigenvalue weighted by molar-refractivity contribution is 0.0541. The molecule has 0 aliphatic heterocycles. The lowest BCUT2D eigenvalue weighted by atomic mass is 9.98. The number of para-hydroxylation sites is 1. The fraction of sp³-hybridized carbons (Fsp3) is 0.118. The number of hydrogen-bond donors (Lipinski definition) is 3. The molecular weight excluding hydrogens is 264 g/mol. The van der Waals surface area contributed by atoms with Crippen LogP contribution in [0.1, 0.15) is 11.7 Å². The normalized spacial score (nSPS) is 13.8. The largest absolute Gasteiger partial charge is 0.384 e.